The molecule has 0 aromatic heterocycles. The molecular formula is C23H27FN4O7. The number of primary amides is 1. The number of ketones is 1. The second-order valence-electron chi connectivity index (χ2n) is 9.41. The Labute approximate surface area is 199 Å². The molecule has 188 valence electrons. The number of hydrogen-bond acceptors (Lipinski definition) is 9. The standard InChI is InChI=1S/C23H27FN4O7/c1-28(2)26-8-16(30)27-14-6-13(24)11-4-9-3-10-5-15(29)12(22(25)34)7-23(10,35)21(33)17(9)20(32)18(11)19(14)31/h6,9-10,26,29,31,33,35H,3-5,7-8H2,1-2H3,(H2,25,34)(H,27,30)/t9?,10-,23-/m0/s1. The van der Waals surface area contributed by atoms with Crippen molar-refractivity contribution < 1.29 is 39.2 Å². The maximum absolute atomic E-state index is 15.1. The zero-order valence-electron chi connectivity index (χ0n) is 19.2. The van der Waals surface area contributed by atoms with Crippen molar-refractivity contribution in [2.45, 2.75) is 31.3 Å². The summed E-state index contributed by atoms with van der Waals surface area (Å²) in [6.07, 6.45) is -0.582. The number of phenolic OH excluding ortho intramolecular Hbond substituents is 1. The predicted octanol–water partition coefficient (Wildman–Crippen LogP) is 0.545. The van der Waals surface area contributed by atoms with Crippen molar-refractivity contribution in [1.82, 2.24) is 10.4 Å². The summed E-state index contributed by atoms with van der Waals surface area (Å²) in [7, 11) is 3.33. The molecule has 12 heteroatoms. The van der Waals surface area contributed by atoms with E-state index in [0.29, 0.717) is 0 Å². The van der Waals surface area contributed by atoms with Crippen LogP contribution in [-0.2, 0) is 16.0 Å². The van der Waals surface area contributed by atoms with Crippen molar-refractivity contribution in [1.29, 1.82) is 0 Å². The molecule has 3 atom stereocenters. The van der Waals surface area contributed by atoms with Gasteiger partial charge in [0.25, 0.3) is 0 Å². The number of hydrogen-bond donors (Lipinski definition) is 7. The van der Waals surface area contributed by atoms with Crippen LogP contribution in [0.5, 0.6) is 5.75 Å². The summed E-state index contributed by atoms with van der Waals surface area (Å²) in [5.74, 6) is -6.34. The lowest BCUT2D eigenvalue weighted by Crippen LogP contribution is -2.51. The number of amides is 2. The quantitative estimate of drug-likeness (QED) is 0.229. The lowest BCUT2D eigenvalue weighted by atomic mass is 9.60. The first kappa shape index (κ1) is 24.6. The molecule has 4 rings (SSSR count). The molecule has 0 radical (unpaired) electrons. The smallest absolute Gasteiger partial charge is 0.248 e. The predicted molar refractivity (Wildman–Crippen MR) is 121 cm³/mol. The number of nitrogens with one attached hydrogen (secondary N) is 2. The number of nitrogens with zero attached hydrogens (tertiary/aromatic N) is 1. The van der Waals surface area contributed by atoms with Crippen LogP contribution in [0.1, 0.15) is 35.2 Å². The van der Waals surface area contributed by atoms with Crippen molar-refractivity contribution in [3.8, 4) is 5.75 Å². The second kappa shape index (κ2) is 8.63. The van der Waals surface area contributed by atoms with E-state index in [4.69, 9.17) is 5.73 Å². The van der Waals surface area contributed by atoms with E-state index in [0.717, 1.165) is 6.07 Å². The normalized spacial score (nSPS) is 25.8. The molecule has 3 aliphatic carbocycles. The summed E-state index contributed by atoms with van der Waals surface area (Å²) >= 11 is 0. The topological polar surface area (TPSA) is 185 Å². The van der Waals surface area contributed by atoms with E-state index in [1.807, 2.05) is 0 Å². The Morgan fingerprint density at radius 3 is 2.57 bits per heavy atom. The van der Waals surface area contributed by atoms with Gasteiger partial charge in [-0.15, -0.1) is 0 Å². The monoisotopic (exact) mass is 490 g/mol. The maximum Gasteiger partial charge on any atom is 0.248 e. The largest absolute Gasteiger partial charge is 0.512 e. The average molecular weight is 490 g/mol. The number of halogens is 1. The number of hydrazine groups is 1. The van der Waals surface area contributed by atoms with Crippen LogP contribution in [0.2, 0.25) is 0 Å². The maximum atomic E-state index is 15.1. The Bertz CT molecular complexity index is 1210. The molecule has 3 aliphatic rings. The molecule has 2 amide bonds. The summed E-state index contributed by atoms with van der Waals surface area (Å²) in [6.45, 7) is -0.177. The van der Waals surface area contributed by atoms with Gasteiger partial charge in [-0.05, 0) is 18.8 Å². The van der Waals surface area contributed by atoms with E-state index >= 15 is 4.39 Å². The number of anilines is 1. The Morgan fingerprint density at radius 2 is 1.94 bits per heavy atom. The lowest BCUT2D eigenvalue weighted by molar-refractivity contribution is -0.117. The first-order valence-corrected chi connectivity index (χ1v) is 11.0. The molecule has 1 aromatic rings. The van der Waals surface area contributed by atoms with Gasteiger partial charge in [-0.25, -0.2) is 9.82 Å². The van der Waals surface area contributed by atoms with Crippen molar-refractivity contribution in [3.63, 3.8) is 0 Å². The number of Topliss-reactive ketones (excluding diaryl/α,β-unsaturated/α-hetero) is 1. The summed E-state index contributed by atoms with van der Waals surface area (Å²) in [4.78, 5) is 37.3. The van der Waals surface area contributed by atoms with Crippen molar-refractivity contribution in [2.75, 3.05) is 26.0 Å². The summed E-state index contributed by atoms with van der Waals surface area (Å²) < 4.78 is 15.1. The highest BCUT2D eigenvalue weighted by molar-refractivity contribution is 6.15. The van der Waals surface area contributed by atoms with E-state index in [1.165, 1.54) is 5.01 Å². The van der Waals surface area contributed by atoms with Crippen LogP contribution < -0.4 is 16.5 Å². The van der Waals surface area contributed by atoms with Crippen LogP contribution in [0.15, 0.2) is 28.7 Å². The molecule has 0 heterocycles. The molecule has 0 saturated heterocycles. The minimum atomic E-state index is -2.03. The van der Waals surface area contributed by atoms with E-state index in [2.05, 4.69) is 10.7 Å². The van der Waals surface area contributed by atoms with Gasteiger partial charge >= 0.3 is 0 Å². The third-order valence-electron chi connectivity index (χ3n) is 6.95. The van der Waals surface area contributed by atoms with Gasteiger partial charge in [0.15, 0.2) is 11.5 Å². The second-order valence-corrected chi connectivity index (χ2v) is 9.41. The van der Waals surface area contributed by atoms with Crippen LogP contribution in [0.25, 0.3) is 0 Å². The summed E-state index contributed by atoms with van der Waals surface area (Å²) in [5.41, 5.74) is 4.73. The van der Waals surface area contributed by atoms with Gasteiger partial charge in [0.1, 0.15) is 22.9 Å². The fourth-order valence-electron chi connectivity index (χ4n) is 5.22. The lowest BCUT2D eigenvalue weighted by Gasteiger charge is -2.46. The number of allylic oxidation sites excluding steroid dienone is 2. The Balaban J connectivity index is 1.74. The van der Waals surface area contributed by atoms with Gasteiger partial charge < -0.3 is 31.5 Å². The number of nitrogens with two attached hydrogens (primary N) is 1. The molecule has 1 aromatic carbocycles. The van der Waals surface area contributed by atoms with E-state index in [1.54, 1.807) is 14.1 Å². The highest BCUT2D eigenvalue weighted by Crippen LogP contribution is 2.53. The number of aliphatic hydroxyl groups is 3. The molecular weight excluding hydrogens is 463 g/mol. The number of aliphatic hydroxyl groups excluding tert-OH is 2. The minimum Gasteiger partial charge on any atom is -0.512 e. The van der Waals surface area contributed by atoms with Gasteiger partial charge in [0.2, 0.25) is 11.8 Å². The van der Waals surface area contributed by atoms with Gasteiger partial charge in [0.05, 0.1) is 23.4 Å². The van der Waals surface area contributed by atoms with E-state index < -0.39 is 64.3 Å². The minimum absolute atomic E-state index is 0.0595. The number of rotatable bonds is 5. The van der Waals surface area contributed by atoms with Crippen LogP contribution in [0.3, 0.4) is 0 Å². The van der Waals surface area contributed by atoms with E-state index in [-0.39, 0.29) is 54.0 Å². The summed E-state index contributed by atoms with van der Waals surface area (Å²) in [5, 5.41) is 47.2. The molecule has 0 aliphatic heterocycles. The zero-order valence-corrected chi connectivity index (χ0v) is 19.2. The van der Waals surface area contributed by atoms with Crippen LogP contribution >= 0.6 is 0 Å². The SMILES string of the molecule is CN(C)NCC(=O)Nc1cc(F)c2c(c1O)C(=O)C1=C(O)[C@]3(O)CC(C(N)=O)=C(O)C[C@@H]3CC1C2. The number of fused-ring (bicyclic) bond motifs is 3. The fourth-order valence-corrected chi connectivity index (χ4v) is 5.22. The number of carbonyl (C=O) groups excluding carboxylic acids is 3. The van der Waals surface area contributed by atoms with Crippen molar-refractivity contribution >= 4 is 23.3 Å². The number of phenols is 1. The third kappa shape index (κ3) is 4.03. The number of aromatic hydroxyl groups is 1. The molecule has 8 N–H and O–H groups in total. The van der Waals surface area contributed by atoms with Crippen LogP contribution in [-0.4, -0.2) is 69.3 Å². The van der Waals surface area contributed by atoms with Gasteiger partial charge in [0, 0.05) is 50.1 Å². The third-order valence-corrected chi connectivity index (χ3v) is 6.95. The zero-order chi connectivity index (χ0) is 25.8. The molecule has 0 saturated carbocycles. The summed E-state index contributed by atoms with van der Waals surface area (Å²) in [6, 6.07) is 0.928. The van der Waals surface area contributed by atoms with Gasteiger partial charge in [-0.2, -0.15) is 0 Å². The molecule has 35 heavy (non-hydrogen) atoms. The molecule has 0 bridgehead atoms. The highest BCUT2D eigenvalue weighted by Gasteiger charge is 2.54. The van der Waals surface area contributed by atoms with Crippen molar-refractivity contribution in [2.24, 2.45) is 17.6 Å². The Kier molecular flexibility index (Phi) is 6.07. The number of carbonyl (C=O) groups is 3. The van der Waals surface area contributed by atoms with E-state index in [9.17, 15) is 34.8 Å². The average Bonchev–Trinajstić information content (AvgIpc) is 2.76. The molecule has 0 spiro atoms. The van der Waals surface area contributed by atoms with Crippen LogP contribution in [0.4, 0.5) is 10.1 Å². The van der Waals surface area contributed by atoms with Gasteiger partial charge in [-0.1, -0.05) is 0 Å². The van der Waals surface area contributed by atoms with Crippen molar-refractivity contribution in [3.05, 3.63) is 45.7 Å². The van der Waals surface area contributed by atoms with Gasteiger partial charge in [-0.3, -0.25) is 19.4 Å². The fraction of sp³-hybridized carbons (Fsp3) is 0.435. The Morgan fingerprint density at radius 1 is 1.26 bits per heavy atom. The highest BCUT2D eigenvalue weighted by atomic mass is 19.1. The Hall–Kier alpha value is -3.48. The molecule has 0 fully saturated rings. The first-order chi connectivity index (χ1) is 16.3. The molecule has 11 nitrogen and oxygen atoms in total. The molecule has 1 unspecified atom stereocenters. The number of benzene rings is 1. The first-order valence-electron chi connectivity index (χ1n) is 11.0. The van der Waals surface area contributed by atoms with Crippen LogP contribution in [0, 0.1) is 17.7 Å².